The van der Waals surface area contributed by atoms with E-state index in [4.69, 9.17) is 34.8 Å². The number of hydrogen-bond acceptors (Lipinski definition) is 4. The Morgan fingerprint density at radius 1 is 1.09 bits per heavy atom. The highest BCUT2D eigenvalue weighted by molar-refractivity contribution is 6.42. The van der Waals surface area contributed by atoms with Crippen molar-refractivity contribution in [2.24, 2.45) is 0 Å². The van der Waals surface area contributed by atoms with Crippen LogP contribution in [0.15, 0.2) is 42.5 Å². The molecule has 6 nitrogen and oxygen atoms in total. The van der Waals surface area contributed by atoms with Gasteiger partial charge in [0.05, 0.1) is 22.2 Å². The Morgan fingerprint density at radius 2 is 1.79 bits per heavy atom. The third-order valence-electron chi connectivity index (χ3n) is 6.57. The average molecular weight is 547 g/mol. The molecule has 2 fully saturated rings. The van der Waals surface area contributed by atoms with E-state index < -0.39 is 6.10 Å². The fourth-order valence-electron chi connectivity index (χ4n) is 4.75. The van der Waals surface area contributed by atoms with E-state index in [9.17, 15) is 14.7 Å². The molecule has 2 aromatic carbocycles. The van der Waals surface area contributed by atoms with Crippen LogP contribution in [0, 0.1) is 0 Å². The largest absolute Gasteiger partial charge is 0.392 e. The summed E-state index contributed by atoms with van der Waals surface area (Å²) in [7, 11) is 1.79. The molecule has 2 aliphatic heterocycles. The molecule has 184 valence electrons. The van der Waals surface area contributed by atoms with Crippen LogP contribution in [-0.4, -0.2) is 71.6 Å². The number of β-amino-alcohol motifs (C(OH)–C–C–N with tert-alkyl or cyclic N) is 1. The second-order valence-corrected chi connectivity index (χ2v) is 9.94. The van der Waals surface area contributed by atoms with Gasteiger partial charge in [-0.15, -0.1) is 12.4 Å². The summed E-state index contributed by atoms with van der Waals surface area (Å²) >= 11 is 18.4. The van der Waals surface area contributed by atoms with E-state index in [0.717, 1.165) is 5.56 Å². The van der Waals surface area contributed by atoms with Gasteiger partial charge in [-0.25, -0.2) is 0 Å². The number of likely N-dealkylation sites (tertiary alicyclic amines) is 1. The maximum absolute atomic E-state index is 13.2. The van der Waals surface area contributed by atoms with Crippen LogP contribution in [0.25, 0.3) is 0 Å². The number of halogens is 4. The zero-order valence-corrected chi connectivity index (χ0v) is 21.7. The molecule has 2 aromatic rings. The molecule has 0 bridgehead atoms. The van der Waals surface area contributed by atoms with Gasteiger partial charge in [-0.1, -0.05) is 40.9 Å². The van der Waals surface area contributed by atoms with Crippen LogP contribution in [0.3, 0.4) is 0 Å². The molecule has 0 aromatic heterocycles. The number of aliphatic hydroxyl groups is 1. The van der Waals surface area contributed by atoms with E-state index in [-0.39, 0.29) is 42.2 Å². The number of carbonyl (C=O) groups excluding carboxylic acids is 2. The second-order valence-electron chi connectivity index (χ2n) is 8.69. The number of carbonyl (C=O) groups is 2. The molecule has 4 rings (SSSR count). The molecule has 0 spiro atoms. The maximum Gasteiger partial charge on any atom is 0.253 e. The molecular weight excluding hydrogens is 520 g/mol. The summed E-state index contributed by atoms with van der Waals surface area (Å²) in [5, 5.41) is 14.4. The number of rotatable bonds is 4. The van der Waals surface area contributed by atoms with Crippen molar-refractivity contribution in [3.63, 3.8) is 0 Å². The first-order chi connectivity index (χ1) is 15.7. The van der Waals surface area contributed by atoms with Crippen molar-refractivity contribution in [2.45, 2.75) is 36.9 Å². The van der Waals surface area contributed by atoms with Crippen molar-refractivity contribution < 1.29 is 14.7 Å². The Labute approximate surface area is 220 Å². The minimum atomic E-state index is -0.509. The Bertz CT molecular complexity index is 1040. The Hall–Kier alpha value is -1.54. The predicted octanol–water partition coefficient (Wildman–Crippen LogP) is 4.25. The molecule has 4 atom stereocenters. The van der Waals surface area contributed by atoms with E-state index in [1.807, 2.05) is 17.0 Å². The summed E-state index contributed by atoms with van der Waals surface area (Å²) in [5.41, 5.74) is 1.47. The van der Waals surface area contributed by atoms with Crippen LogP contribution < -0.4 is 5.32 Å². The summed E-state index contributed by atoms with van der Waals surface area (Å²) in [6.45, 7) is 1.38. The van der Waals surface area contributed by atoms with Crippen LogP contribution >= 0.6 is 47.2 Å². The zero-order valence-electron chi connectivity index (χ0n) is 18.6. The van der Waals surface area contributed by atoms with E-state index in [1.165, 1.54) is 0 Å². The highest BCUT2D eigenvalue weighted by Gasteiger charge is 2.39. The summed E-state index contributed by atoms with van der Waals surface area (Å²) < 4.78 is 0. The molecular formula is C24H27Cl4N3O3. The lowest BCUT2D eigenvalue weighted by Gasteiger charge is -2.43. The lowest BCUT2D eigenvalue weighted by atomic mass is 9.84. The standard InChI is InChI=1S/C24H26Cl3N3O3.ClH/c1-29(23(32)14-2-5-16(25)6-3-14)22-8-9-30(24(33)21-11-17(31)12-28-21)13-18(22)15-4-7-19(26)20(27)10-15;/h2-7,10,17-18,21-22,28,31H,8-9,11-13H2,1H3;1H/t17-,18+,21+,22-;/m1./s1. The SMILES string of the molecule is CN(C(=O)c1ccc(Cl)cc1)[C@@H]1CCN(C(=O)[C@@H]2C[C@@H](O)CN2)C[C@H]1c1ccc(Cl)c(Cl)c1.Cl. The van der Waals surface area contributed by atoms with Gasteiger partial charge in [0.2, 0.25) is 5.91 Å². The van der Waals surface area contributed by atoms with E-state index in [1.54, 1.807) is 42.3 Å². The van der Waals surface area contributed by atoms with Gasteiger partial charge in [0.25, 0.3) is 5.91 Å². The van der Waals surface area contributed by atoms with Gasteiger partial charge in [0.1, 0.15) is 0 Å². The molecule has 2 aliphatic rings. The van der Waals surface area contributed by atoms with Gasteiger partial charge in [0, 0.05) is 49.2 Å². The zero-order chi connectivity index (χ0) is 23.7. The molecule has 0 unspecified atom stereocenters. The summed E-state index contributed by atoms with van der Waals surface area (Å²) in [6.07, 6.45) is 0.512. The van der Waals surface area contributed by atoms with Crippen molar-refractivity contribution >= 4 is 59.0 Å². The van der Waals surface area contributed by atoms with Crippen molar-refractivity contribution in [1.82, 2.24) is 15.1 Å². The molecule has 0 saturated carbocycles. The minimum Gasteiger partial charge on any atom is -0.392 e. The van der Waals surface area contributed by atoms with Crippen LogP contribution in [0.4, 0.5) is 0 Å². The van der Waals surface area contributed by atoms with E-state index in [0.29, 0.717) is 53.1 Å². The lowest BCUT2D eigenvalue weighted by Crippen LogP contribution is -2.54. The predicted molar refractivity (Wildman–Crippen MR) is 137 cm³/mol. The molecule has 0 radical (unpaired) electrons. The fourth-order valence-corrected chi connectivity index (χ4v) is 5.18. The molecule has 2 amide bonds. The topological polar surface area (TPSA) is 72.9 Å². The number of nitrogens with one attached hydrogen (secondary N) is 1. The number of aliphatic hydroxyl groups excluding tert-OH is 1. The summed E-state index contributed by atoms with van der Waals surface area (Å²) in [6, 6.07) is 11.7. The van der Waals surface area contributed by atoms with Gasteiger partial charge < -0.3 is 20.2 Å². The molecule has 34 heavy (non-hydrogen) atoms. The summed E-state index contributed by atoms with van der Waals surface area (Å²) in [5.74, 6) is -0.283. The van der Waals surface area contributed by atoms with Gasteiger partial charge in [-0.2, -0.15) is 0 Å². The maximum atomic E-state index is 13.2. The number of amides is 2. The molecule has 10 heteroatoms. The highest BCUT2D eigenvalue weighted by Crippen LogP contribution is 2.35. The molecule has 2 heterocycles. The fraction of sp³-hybridized carbons (Fsp3) is 0.417. The third-order valence-corrected chi connectivity index (χ3v) is 7.57. The number of piperidine rings is 1. The summed E-state index contributed by atoms with van der Waals surface area (Å²) in [4.78, 5) is 29.9. The van der Waals surface area contributed by atoms with E-state index >= 15 is 0 Å². The van der Waals surface area contributed by atoms with Gasteiger partial charge in [-0.3, -0.25) is 9.59 Å². The van der Waals surface area contributed by atoms with Crippen LogP contribution in [0.2, 0.25) is 15.1 Å². The first-order valence-electron chi connectivity index (χ1n) is 10.9. The van der Waals surface area contributed by atoms with Crippen molar-refractivity contribution in [3.8, 4) is 0 Å². The second kappa shape index (κ2) is 11.5. The Morgan fingerprint density at radius 3 is 2.41 bits per heavy atom. The van der Waals surface area contributed by atoms with Crippen molar-refractivity contribution in [3.05, 3.63) is 68.7 Å². The van der Waals surface area contributed by atoms with Crippen molar-refractivity contribution in [1.29, 1.82) is 0 Å². The Balaban J connectivity index is 0.00000324. The van der Waals surface area contributed by atoms with Gasteiger partial charge >= 0.3 is 0 Å². The van der Waals surface area contributed by atoms with E-state index in [2.05, 4.69) is 5.32 Å². The Kier molecular flexibility index (Phi) is 9.12. The first kappa shape index (κ1) is 27.1. The molecule has 2 N–H and O–H groups in total. The van der Waals surface area contributed by atoms with Crippen LogP contribution in [-0.2, 0) is 4.79 Å². The number of benzene rings is 2. The average Bonchev–Trinajstić information content (AvgIpc) is 3.26. The number of hydrogen-bond donors (Lipinski definition) is 2. The first-order valence-corrected chi connectivity index (χ1v) is 12.1. The van der Waals surface area contributed by atoms with Crippen LogP contribution in [0.5, 0.6) is 0 Å². The molecule has 0 aliphatic carbocycles. The number of nitrogens with zero attached hydrogens (tertiary/aromatic N) is 2. The lowest BCUT2D eigenvalue weighted by molar-refractivity contribution is -0.135. The quantitative estimate of drug-likeness (QED) is 0.601. The van der Waals surface area contributed by atoms with Gasteiger partial charge in [-0.05, 0) is 54.8 Å². The van der Waals surface area contributed by atoms with Crippen molar-refractivity contribution in [2.75, 3.05) is 26.7 Å². The van der Waals surface area contributed by atoms with Crippen LogP contribution in [0.1, 0.15) is 34.7 Å². The highest BCUT2D eigenvalue weighted by atomic mass is 35.5. The third kappa shape index (κ3) is 5.81. The smallest absolute Gasteiger partial charge is 0.253 e. The molecule has 2 saturated heterocycles. The minimum absolute atomic E-state index is 0. The van der Waals surface area contributed by atoms with Gasteiger partial charge in [0.15, 0.2) is 0 Å². The monoisotopic (exact) mass is 545 g/mol. The normalized spacial score (nSPS) is 24.4. The number of likely N-dealkylation sites (N-methyl/N-ethyl adjacent to an activating group) is 1.